The molecule has 0 fully saturated rings. The Morgan fingerprint density at radius 1 is 0.701 bits per heavy atom. The molecule has 0 aliphatic carbocycles. The average Bonchev–Trinajstić information content (AvgIpc) is 4.02. The Balaban J connectivity index is 0.871. The first kappa shape index (κ1) is 54.0. The van der Waals surface area contributed by atoms with Gasteiger partial charge in [0, 0.05) is 70.5 Å². The molecule has 20 nitrogen and oxygen atoms in total. The molecule has 5 aromatic carbocycles. The van der Waals surface area contributed by atoms with Crippen molar-refractivity contribution in [3.05, 3.63) is 124 Å². The van der Waals surface area contributed by atoms with Gasteiger partial charge in [0.15, 0.2) is 23.0 Å². The third-order valence-corrected chi connectivity index (χ3v) is 16.2. The Morgan fingerprint density at radius 2 is 1.29 bits per heavy atom. The van der Waals surface area contributed by atoms with Crippen molar-refractivity contribution >= 4 is 91.9 Å². The average molecular weight is 1090 g/mol. The van der Waals surface area contributed by atoms with Gasteiger partial charge >= 0.3 is 0 Å². The number of carbonyl (C=O) groups is 6. The first-order valence-electron chi connectivity index (χ1n) is 25.0. The largest absolute Gasteiger partial charge is 0.493 e. The molecule has 4 aliphatic rings. The minimum Gasteiger partial charge on any atom is -0.493 e. The second kappa shape index (κ2) is 24.0. The minimum atomic E-state index is -0.621. The molecule has 0 aromatic heterocycles. The number of amides is 6. The fraction of sp³-hybridized carbons (Fsp3) is 0.327. The number of anilines is 4. The van der Waals surface area contributed by atoms with Crippen LogP contribution < -0.4 is 65.6 Å². The molecule has 77 heavy (non-hydrogen) atoms. The molecule has 0 saturated carbocycles. The van der Waals surface area contributed by atoms with E-state index >= 15 is 0 Å². The highest BCUT2D eigenvalue weighted by molar-refractivity contribution is 8.76. The number of hydrogen-bond donors (Lipinski definition) is 7. The van der Waals surface area contributed by atoms with Crippen molar-refractivity contribution in [3.63, 3.8) is 0 Å². The van der Waals surface area contributed by atoms with Crippen LogP contribution in [0.2, 0.25) is 0 Å². The van der Waals surface area contributed by atoms with E-state index < -0.39 is 30.8 Å². The topological polar surface area (TPSA) is 242 Å². The predicted molar refractivity (Wildman–Crippen MR) is 298 cm³/mol. The number of rotatable bonds is 22. The lowest BCUT2D eigenvalue weighted by molar-refractivity contribution is -0.128. The monoisotopic (exact) mass is 1080 g/mol. The van der Waals surface area contributed by atoms with Gasteiger partial charge in [-0.1, -0.05) is 47.2 Å². The number of ether oxygens (including phenoxy) is 4. The molecular formula is C55H60N10O10S2. The SMILES string of the molecule is CNNSSC(C)(C)CCC(=O)NCC(=O)NCC(=O)NCC(=O)Nc1cc(COc2cc3c(cc2OC)C(=O)N2c4ccccc4C[C@H]2C=N3)cc(COc2cc3c(cc2OC)C(=O)N2c4ccccc4C[C@H]2CN3)c1. The number of hydrogen-bond acceptors (Lipinski definition) is 16. The van der Waals surface area contributed by atoms with E-state index in [-0.39, 0.29) is 60.7 Å². The van der Waals surface area contributed by atoms with Crippen molar-refractivity contribution in [3.8, 4) is 23.0 Å². The van der Waals surface area contributed by atoms with Gasteiger partial charge < -0.3 is 50.4 Å². The van der Waals surface area contributed by atoms with E-state index in [1.54, 1.807) is 65.4 Å². The predicted octanol–water partition coefficient (Wildman–Crippen LogP) is 6.01. The van der Waals surface area contributed by atoms with Crippen LogP contribution in [0.15, 0.2) is 96.0 Å². The highest BCUT2D eigenvalue weighted by atomic mass is 33.1. The summed E-state index contributed by atoms with van der Waals surface area (Å²) in [4.78, 5) is 90.5. The van der Waals surface area contributed by atoms with Crippen LogP contribution in [0.5, 0.6) is 23.0 Å². The number of carbonyl (C=O) groups excluding carboxylic acids is 6. The molecule has 4 aliphatic heterocycles. The maximum atomic E-state index is 14.1. The van der Waals surface area contributed by atoms with Gasteiger partial charge in [-0.05, 0) is 98.5 Å². The lowest BCUT2D eigenvalue weighted by Gasteiger charge is -2.22. The van der Waals surface area contributed by atoms with Crippen LogP contribution >= 0.6 is 21.8 Å². The van der Waals surface area contributed by atoms with Crippen molar-refractivity contribution in [1.82, 2.24) is 26.2 Å². The standard InChI is InChI=1S/C55H60N10O10S2/c1-55(2,76-77-63-56-3)15-14-49(66)59-27-50(67)60-28-51(68)61-29-52(69)62-36-17-32(30-74-47-23-41-39(21-45(47)72-4)53(70)64-37(25-57-41)19-34-10-6-8-12-43(34)64)16-33(18-36)31-75-48-24-42-40(22-46(48)73-5)54(71)65-38(26-58-42)20-35-11-7-9-13-44(35)65/h6-13,16-18,21-25,37-38,56,58,63H,14-15,19-20,26-31H2,1-5H3,(H,59,66)(H,60,67)(H,61,68)(H,62,69)/t37-,38-/m0/s1. The zero-order valence-corrected chi connectivity index (χ0v) is 44.8. The van der Waals surface area contributed by atoms with Gasteiger partial charge in [-0.15, -0.1) is 0 Å². The van der Waals surface area contributed by atoms with Crippen LogP contribution in [0.3, 0.4) is 0 Å². The number of para-hydroxylation sites is 2. The number of nitrogens with zero attached hydrogens (tertiary/aromatic N) is 3. The second-order valence-corrected chi connectivity index (χ2v) is 21.9. The highest BCUT2D eigenvalue weighted by Gasteiger charge is 2.39. The lowest BCUT2D eigenvalue weighted by Crippen LogP contribution is -2.43. The van der Waals surface area contributed by atoms with Gasteiger partial charge in [-0.25, -0.2) is 0 Å². The van der Waals surface area contributed by atoms with E-state index in [0.29, 0.717) is 81.7 Å². The molecule has 4 heterocycles. The number of hydrazine groups is 1. The van der Waals surface area contributed by atoms with Gasteiger partial charge in [0.25, 0.3) is 11.8 Å². The molecule has 2 atom stereocenters. The number of aliphatic imine (C=N–C) groups is 1. The summed E-state index contributed by atoms with van der Waals surface area (Å²) in [6.45, 7) is 3.36. The van der Waals surface area contributed by atoms with Crippen LogP contribution in [0, 0.1) is 0 Å². The number of nitrogens with one attached hydrogen (secondary N) is 7. The Bertz CT molecular complexity index is 3140. The second-order valence-electron chi connectivity index (χ2n) is 19.2. The van der Waals surface area contributed by atoms with E-state index in [4.69, 9.17) is 23.9 Å². The van der Waals surface area contributed by atoms with Crippen molar-refractivity contribution in [2.45, 2.75) is 69.6 Å². The third kappa shape index (κ3) is 12.7. The number of benzene rings is 5. The summed E-state index contributed by atoms with van der Waals surface area (Å²) < 4.78 is 24.1. The minimum absolute atomic E-state index is 0.0104. The molecule has 5 aromatic rings. The summed E-state index contributed by atoms with van der Waals surface area (Å²) in [5.74, 6) is -1.02. The summed E-state index contributed by atoms with van der Waals surface area (Å²) in [5, 5.41) is 13.8. The maximum absolute atomic E-state index is 14.1. The fourth-order valence-electron chi connectivity index (χ4n) is 9.51. The van der Waals surface area contributed by atoms with Crippen molar-refractivity contribution in [2.24, 2.45) is 4.99 Å². The summed E-state index contributed by atoms with van der Waals surface area (Å²) in [5.41, 5.74) is 10.2. The lowest BCUT2D eigenvalue weighted by atomic mass is 10.1. The van der Waals surface area contributed by atoms with Crippen LogP contribution in [0.1, 0.15) is 69.7 Å². The molecule has 6 amide bonds. The van der Waals surface area contributed by atoms with Crippen LogP contribution in [0.25, 0.3) is 0 Å². The van der Waals surface area contributed by atoms with Crippen LogP contribution in [0.4, 0.5) is 28.4 Å². The van der Waals surface area contributed by atoms with Crippen LogP contribution in [-0.2, 0) is 45.2 Å². The number of fused-ring (bicyclic) bond motifs is 8. The molecule has 9 rings (SSSR count). The molecule has 0 bridgehead atoms. The molecular weight excluding hydrogens is 1020 g/mol. The fourth-order valence-corrected chi connectivity index (χ4v) is 11.3. The Hall–Kier alpha value is -7.79. The summed E-state index contributed by atoms with van der Waals surface area (Å²) in [6.07, 6.45) is 3.94. The van der Waals surface area contributed by atoms with Gasteiger partial charge in [-0.3, -0.25) is 44.1 Å². The first-order chi connectivity index (χ1) is 37.2. The van der Waals surface area contributed by atoms with E-state index in [1.807, 2.05) is 73.3 Å². The highest BCUT2D eigenvalue weighted by Crippen LogP contribution is 2.43. The quantitative estimate of drug-likeness (QED) is 0.0182. The third-order valence-electron chi connectivity index (χ3n) is 13.3. The van der Waals surface area contributed by atoms with E-state index in [1.165, 1.54) is 25.2 Å². The summed E-state index contributed by atoms with van der Waals surface area (Å²) >= 11 is 0. The van der Waals surface area contributed by atoms with Crippen molar-refractivity contribution in [2.75, 3.05) is 67.9 Å². The van der Waals surface area contributed by atoms with E-state index in [9.17, 15) is 28.8 Å². The van der Waals surface area contributed by atoms with Crippen LogP contribution in [-0.4, -0.2) is 106 Å². The molecule has 22 heteroatoms. The Labute approximate surface area is 453 Å². The Kier molecular flexibility index (Phi) is 16.9. The first-order valence-corrected chi connectivity index (χ1v) is 27.2. The molecule has 0 unspecified atom stereocenters. The zero-order valence-electron chi connectivity index (χ0n) is 43.2. The van der Waals surface area contributed by atoms with E-state index in [2.05, 4.69) is 36.8 Å². The van der Waals surface area contributed by atoms with Crippen molar-refractivity contribution < 1.29 is 47.7 Å². The normalized spacial score (nSPS) is 15.8. The summed E-state index contributed by atoms with van der Waals surface area (Å²) in [7, 11) is 7.74. The maximum Gasteiger partial charge on any atom is 0.261 e. The van der Waals surface area contributed by atoms with Crippen molar-refractivity contribution in [1.29, 1.82) is 0 Å². The molecule has 402 valence electrons. The van der Waals surface area contributed by atoms with Gasteiger partial charge in [-0.2, -0.15) is 4.83 Å². The Morgan fingerprint density at radius 3 is 1.95 bits per heavy atom. The van der Waals surface area contributed by atoms with Gasteiger partial charge in [0.05, 0.1) is 68.4 Å². The van der Waals surface area contributed by atoms with Gasteiger partial charge in [0.1, 0.15) is 13.2 Å². The molecule has 0 saturated heterocycles. The van der Waals surface area contributed by atoms with Gasteiger partial charge in [0.2, 0.25) is 23.6 Å². The smallest absolute Gasteiger partial charge is 0.261 e. The number of methoxy groups -OCH3 is 2. The van der Waals surface area contributed by atoms with E-state index in [0.717, 1.165) is 28.9 Å². The summed E-state index contributed by atoms with van der Waals surface area (Å²) in [6, 6.07) is 27.4. The molecule has 0 spiro atoms. The molecule has 0 radical (unpaired) electrons. The molecule has 7 N–H and O–H groups in total. The zero-order chi connectivity index (χ0) is 54.2.